The molecule has 0 aliphatic carbocycles. The second-order valence-electron chi connectivity index (χ2n) is 4.47. The molecule has 7 heteroatoms. The van der Waals surface area contributed by atoms with E-state index in [1.54, 1.807) is 29.1 Å². The summed E-state index contributed by atoms with van der Waals surface area (Å²) in [5, 5.41) is 14.1. The molecule has 3 aromatic rings. The topological polar surface area (TPSA) is 63.8 Å². The number of rotatable bonds is 2. The lowest BCUT2D eigenvalue weighted by Gasteiger charge is -2.05. The van der Waals surface area contributed by atoms with E-state index in [9.17, 15) is 5.11 Å². The highest BCUT2D eigenvalue weighted by atomic mass is 35.5. The van der Waals surface area contributed by atoms with Crippen molar-refractivity contribution in [1.29, 1.82) is 0 Å². The van der Waals surface area contributed by atoms with Crippen LogP contribution in [0.3, 0.4) is 0 Å². The fourth-order valence-corrected chi connectivity index (χ4v) is 2.26. The Morgan fingerprint density at radius 2 is 1.90 bits per heavy atom. The molecule has 1 N–H and O–H groups in total. The molecule has 0 unspecified atom stereocenters. The van der Waals surface area contributed by atoms with Gasteiger partial charge in [0.15, 0.2) is 5.82 Å². The van der Waals surface area contributed by atoms with Crippen LogP contribution in [0.2, 0.25) is 10.2 Å². The van der Waals surface area contributed by atoms with E-state index in [0.717, 1.165) is 5.56 Å². The van der Waals surface area contributed by atoms with Crippen LogP contribution >= 0.6 is 23.2 Å². The number of nitrogens with zero attached hydrogens (tertiary/aromatic N) is 4. The Labute approximate surface area is 130 Å². The van der Waals surface area contributed by atoms with Crippen molar-refractivity contribution in [2.24, 2.45) is 7.05 Å². The first-order valence-electron chi connectivity index (χ1n) is 6.05. The van der Waals surface area contributed by atoms with Crippen molar-refractivity contribution < 1.29 is 5.11 Å². The zero-order valence-electron chi connectivity index (χ0n) is 11.0. The number of halogens is 2. The van der Waals surface area contributed by atoms with E-state index in [2.05, 4.69) is 15.1 Å². The summed E-state index contributed by atoms with van der Waals surface area (Å²) in [5.41, 5.74) is 2.18. The monoisotopic (exact) mass is 320 g/mol. The molecule has 0 spiro atoms. The molecule has 0 amide bonds. The molecular formula is C14H10Cl2N4O. The lowest BCUT2D eigenvalue weighted by atomic mass is 10.2. The third-order valence-corrected chi connectivity index (χ3v) is 3.40. The first kappa shape index (κ1) is 13.9. The van der Waals surface area contributed by atoms with Crippen LogP contribution < -0.4 is 0 Å². The van der Waals surface area contributed by atoms with Gasteiger partial charge in [-0.3, -0.25) is 4.68 Å². The van der Waals surface area contributed by atoms with E-state index in [4.69, 9.17) is 23.2 Å². The lowest BCUT2D eigenvalue weighted by Crippen LogP contribution is -1.93. The second kappa shape index (κ2) is 5.35. The summed E-state index contributed by atoms with van der Waals surface area (Å²) in [6, 6.07) is 6.44. The van der Waals surface area contributed by atoms with Gasteiger partial charge in [-0.2, -0.15) is 5.10 Å². The number of aryl methyl sites for hydroxylation is 1. The van der Waals surface area contributed by atoms with E-state index in [0.29, 0.717) is 22.2 Å². The van der Waals surface area contributed by atoms with Crippen molar-refractivity contribution in [1.82, 2.24) is 19.7 Å². The van der Waals surface area contributed by atoms with Crippen molar-refractivity contribution in [3.05, 3.63) is 46.8 Å². The van der Waals surface area contributed by atoms with Crippen LogP contribution in [-0.2, 0) is 7.05 Å². The average molecular weight is 321 g/mol. The van der Waals surface area contributed by atoms with Gasteiger partial charge in [-0.1, -0.05) is 23.2 Å². The third-order valence-electron chi connectivity index (χ3n) is 2.90. The Kier molecular flexibility index (Phi) is 3.53. The van der Waals surface area contributed by atoms with Gasteiger partial charge in [0.1, 0.15) is 10.9 Å². The number of hydrogen-bond donors (Lipinski definition) is 1. The molecule has 0 fully saturated rings. The number of phenolic OH excluding ortho intramolecular Hbond substituents is 1. The molecule has 0 aliphatic heterocycles. The first-order valence-corrected chi connectivity index (χ1v) is 6.81. The highest BCUT2D eigenvalue weighted by Crippen LogP contribution is 2.29. The fraction of sp³-hybridized carbons (Fsp3) is 0.0714. The molecule has 0 bridgehead atoms. The Morgan fingerprint density at radius 1 is 1.10 bits per heavy atom. The molecule has 2 aromatic heterocycles. The zero-order chi connectivity index (χ0) is 15.0. The lowest BCUT2D eigenvalue weighted by molar-refractivity contribution is 0.475. The normalized spacial score (nSPS) is 10.8. The highest BCUT2D eigenvalue weighted by molar-refractivity contribution is 6.32. The predicted molar refractivity (Wildman–Crippen MR) is 81.4 cm³/mol. The molecule has 2 heterocycles. The number of hydrogen-bond acceptors (Lipinski definition) is 4. The summed E-state index contributed by atoms with van der Waals surface area (Å²) in [6.07, 6.45) is 3.54. The van der Waals surface area contributed by atoms with Gasteiger partial charge < -0.3 is 5.11 Å². The van der Waals surface area contributed by atoms with Gasteiger partial charge >= 0.3 is 0 Å². The van der Waals surface area contributed by atoms with E-state index < -0.39 is 0 Å². The van der Waals surface area contributed by atoms with Crippen molar-refractivity contribution >= 4 is 23.2 Å². The van der Waals surface area contributed by atoms with Gasteiger partial charge in [0.05, 0.1) is 16.9 Å². The van der Waals surface area contributed by atoms with Crippen molar-refractivity contribution in [3.8, 4) is 28.4 Å². The van der Waals surface area contributed by atoms with E-state index in [1.807, 2.05) is 13.2 Å². The van der Waals surface area contributed by atoms with Crippen LogP contribution in [0.25, 0.3) is 22.6 Å². The standard InChI is InChI=1S/C14H10Cl2N4O/c1-20-7-9(6-17-20)11-5-13(16)19-14(18-11)8-2-3-12(21)10(15)4-8/h2-7,21H,1H3. The maximum absolute atomic E-state index is 9.47. The van der Waals surface area contributed by atoms with Gasteiger partial charge in [0, 0.05) is 30.4 Å². The van der Waals surface area contributed by atoms with Crippen LogP contribution in [0.4, 0.5) is 0 Å². The minimum absolute atomic E-state index is 0.00919. The highest BCUT2D eigenvalue weighted by Gasteiger charge is 2.10. The molecular weight excluding hydrogens is 311 g/mol. The molecule has 5 nitrogen and oxygen atoms in total. The second-order valence-corrected chi connectivity index (χ2v) is 5.26. The molecule has 21 heavy (non-hydrogen) atoms. The van der Waals surface area contributed by atoms with Crippen LogP contribution in [0.5, 0.6) is 5.75 Å². The summed E-state index contributed by atoms with van der Waals surface area (Å²) in [5.74, 6) is 0.443. The molecule has 3 rings (SSSR count). The molecule has 0 radical (unpaired) electrons. The number of phenols is 1. The van der Waals surface area contributed by atoms with Crippen LogP contribution in [0.1, 0.15) is 0 Å². The Hall–Kier alpha value is -2.11. The van der Waals surface area contributed by atoms with Crippen LogP contribution in [0.15, 0.2) is 36.7 Å². The van der Waals surface area contributed by atoms with Crippen LogP contribution in [0, 0.1) is 0 Å². The quantitative estimate of drug-likeness (QED) is 0.733. The van der Waals surface area contributed by atoms with E-state index in [1.165, 1.54) is 6.07 Å². The third kappa shape index (κ3) is 2.84. The number of aromatic nitrogens is 4. The zero-order valence-corrected chi connectivity index (χ0v) is 12.5. The van der Waals surface area contributed by atoms with Crippen molar-refractivity contribution in [3.63, 3.8) is 0 Å². The maximum atomic E-state index is 9.47. The largest absolute Gasteiger partial charge is 0.506 e. The first-order chi connectivity index (χ1) is 10.0. The fourth-order valence-electron chi connectivity index (χ4n) is 1.89. The van der Waals surface area contributed by atoms with Gasteiger partial charge in [-0.25, -0.2) is 9.97 Å². The Balaban J connectivity index is 2.11. The van der Waals surface area contributed by atoms with Crippen LogP contribution in [-0.4, -0.2) is 24.9 Å². The SMILES string of the molecule is Cn1cc(-c2cc(Cl)nc(-c3ccc(O)c(Cl)c3)n2)cn1. The summed E-state index contributed by atoms with van der Waals surface area (Å²) < 4.78 is 1.68. The average Bonchev–Trinajstić information content (AvgIpc) is 2.88. The van der Waals surface area contributed by atoms with Crippen molar-refractivity contribution in [2.75, 3.05) is 0 Å². The summed E-state index contributed by atoms with van der Waals surface area (Å²) in [7, 11) is 1.83. The molecule has 0 aliphatic rings. The molecule has 1 aromatic carbocycles. The molecule has 0 saturated carbocycles. The minimum atomic E-state index is 0.00919. The Bertz CT molecular complexity index is 816. The molecule has 0 atom stereocenters. The predicted octanol–water partition coefficient (Wildman–Crippen LogP) is 3.56. The maximum Gasteiger partial charge on any atom is 0.161 e. The Morgan fingerprint density at radius 3 is 2.57 bits per heavy atom. The number of benzene rings is 1. The van der Waals surface area contributed by atoms with Gasteiger partial charge in [-0.15, -0.1) is 0 Å². The van der Waals surface area contributed by atoms with E-state index >= 15 is 0 Å². The van der Waals surface area contributed by atoms with Gasteiger partial charge in [0.2, 0.25) is 0 Å². The summed E-state index contributed by atoms with van der Waals surface area (Å²) in [4.78, 5) is 8.66. The molecule has 0 saturated heterocycles. The smallest absolute Gasteiger partial charge is 0.161 e. The van der Waals surface area contributed by atoms with Crippen molar-refractivity contribution in [2.45, 2.75) is 0 Å². The van der Waals surface area contributed by atoms with Gasteiger partial charge in [-0.05, 0) is 18.2 Å². The van der Waals surface area contributed by atoms with E-state index in [-0.39, 0.29) is 10.8 Å². The minimum Gasteiger partial charge on any atom is -0.506 e. The summed E-state index contributed by atoms with van der Waals surface area (Å²) in [6.45, 7) is 0. The van der Waals surface area contributed by atoms with Gasteiger partial charge in [0.25, 0.3) is 0 Å². The summed E-state index contributed by atoms with van der Waals surface area (Å²) >= 11 is 12.0. The molecule has 106 valence electrons. The number of aromatic hydroxyl groups is 1.